The molecule has 0 amide bonds. The molecule has 9 heteroatoms. The summed E-state index contributed by atoms with van der Waals surface area (Å²) in [7, 11) is 0. The third kappa shape index (κ3) is 6.05. The van der Waals surface area contributed by atoms with E-state index >= 15 is 0 Å². The van der Waals surface area contributed by atoms with Gasteiger partial charge in [-0.15, -0.1) is 5.10 Å². The molecule has 2 aromatic carbocycles. The van der Waals surface area contributed by atoms with Gasteiger partial charge in [0, 0.05) is 42.8 Å². The van der Waals surface area contributed by atoms with Crippen LogP contribution in [0.3, 0.4) is 0 Å². The zero-order valence-corrected chi connectivity index (χ0v) is 23.4. The van der Waals surface area contributed by atoms with E-state index in [9.17, 15) is 4.79 Å². The van der Waals surface area contributed by atoms with Crippen molar-refractivity contribution in [1.29, 1.82) is 0 Å². The number of hydrogen-bond acceptors (Lipinski definition) is 6. The van der Waals surface area contributed by atoms with E-state index in [4.69, 9.17) is 17.2 Å². The van der Waals surface area contributed by atoms with Crippen molar-refractivity contribution in [3.8, 4) is 22.5 Å². The molecule has 4 rings (SSSR count). The number of benzene rings is 2. The van der Waals surface area contributed by atoms with Crippen LogP contribution in [-0.2, 0) is 19.4 Å². The molecule has 0 bridgehead atoms. The van der Waals surface area contributed by atoms with Crippen LogP contribution in [0.15, 0.2) is 53.3 Å². The average Bonchev–Trinajstić information content (AvgIpc) is 3.48. The molecule has 0 saturated heterocycles. The zero-order valence-electron chi connectivity index (χ0n) is 22.6. The number of unbranched alkanes of at least 4 members (excludes halogenated alkanes) is 1. The minimum atomic E-state index is -0.0203. The van der Waals surface area contributed by atoms with Crippen molar-refractivity contribution < 1.29 is 0 Å². The molecule has 0 aliphatic heterocycles. The number of rotatable bonds is 11. The Morgan fingerprint density at radius 3 is 2.47 bits per heavy atom. The molecule has 0 aliphatic rings. The van der Waals surface area contributed by atoms with E-state index in [-0.39, 0.29) is 5.56 Å². The Labute approximate surface area is 229 Å². The number of nitrogens with one attached hydrogen (secondary N) is 1. The molecule has 2 heterocycles. The average molecular weight is 530 g/mol. The van der Waals surface area contributed by atoms with E-state index in [1.165, 1.54) is 0 Å². The second-order valence-electron chi connectivity index (χ2n) is 9.33. The number of thiocarbonyl (C=S) groups is 1. The fourth-order valence-electron chi connectivity index (χ4n) is 4.70. The van der Waals surface area contributed by atoms with Crippen LogP contribution in [-0.4, -0.2) is 53.2 Å². The number of likely N-dealkylation sites (N-methyl/N-ethyl adjacent to an activating group) is 1. The molecule has 0 atom stereocenters. The predicted molar refractivity (Wildman–Crippen MR) is 155 cm³/mol. The lowest BCUT2D eigenvalue weighted by Gasteiger charge is -2.23. The second-order valence-corrected chi connectivity index (χ2v) is 9.80. The molecular formula is C29H35N7OS. The van der Waals surface area contributed by atoms with Crippen LogP contribution < -0.4 is 5.56 Å². The lowest BCUT2D eigenvalue weighted by atomic mass is 9.97. The van der Waals surface area contributed by atoms with Crippen molar-refractivity contribution in [2.45, 2.75) is 59.9 Å². The summed E-state index contributed by atoms with van der Waals surface area (Å²) >= 11 is 5.70. The van der Waals surface area contributed by atoms with Crippen molar-refractivity contribution in [2.24, 2.45) is 0 Å². The first kappa shape index (κ1) is 27.3. The maximum Gasteiger partial charge on any atom is 0.257 e. The Kier molecular flexibility index (Phi) is 9.12. The minimum Gasteiger partial charge on any atom is -0.366 e. The third-order valence-corrected chi connectivity index (χ3v) is 7.26. The van der Waals surface area contributed by atoms with E-state index < -0.39 is 0 Å². The summed E-state index contributed by atoms with van der Waals surface area (Å²) in [4.78, 5) is 21.7. The summed E-state index contributed by atoms with van der Waals surface area (Å²) in [6.45, 7) is 10.3. The van der Waals surface area contributed by atoms with E-state index in [1.54, 1.807) is 0 Å². The molecule has 0 saturated carbocycles. The summed E-state index contributed by atoms with van der Waals surface area (Å²) in [5.74, 6) is 1.39. The van der Waals surface area contributed by atoms with Gasteiger partial charge in [-0.05, 0) is 60.4 Å². The number of aryl methyl sites for hydroxylation is 2. The van der Waals surface area contributed by atoms with E-state index in [1.807, 2.05) is 29.7 Å². The highest BCUT2D eigenvalue weighted by molar-refractivity contribution is 7.80. The maximum atomic E-state index is 13.9. The van der Waals surface area contributed by atoms with E-state index in [0.29, 0.717) is 24.4 Å². The standard InChI is InChI=1S/C29H35N7OS/c1-5-8-14-26-30-20(4)24(18-27(38)35(6-2)7-3)29(37)36(26)19-21-15-16-23(22-12-10-9-11-13-22)25(17-21)28-31-33-34-32-28/h9-13,15-17H,5-8,14,18-19H2,1-4H3,(H,31,32,33,34). The SMILES string of the molecule is CCCCc1nc(C)c(CC(=S)N(CC)CC)c(=O)n1Cc1ccc(-c2ccccc2)c(-c2nnn[nH]2)c1. The largest absolute Gasteiger partial charge is 0.366 e. The lowest BCUT2D eigenvalue weighted by molar-refractivity contribution is 0.466. The molecule has 0 aliphatic carbocycles. The highest BCUT2D eigenvalue weighted by atomic mass is 32.1. The zero-order chi connectivity index (χ0) is 27.1. The maximum absolute atomic E-state index is 13.9. The van der Waals surface area contributed by atoms with Crippen LogP contribution in [0, 0.1) is 6.92 Å². The Bertz CT molecular complexity index is 1430. The number of aromatic nitrogens is 6. The van der Waals surface area contributed by atoms with Gasteiger partial charge in [-0.2, -0.15) is 0 Å². The topological polar surface area (TPSA) is 92.6 Å². The van der Waals surface area contributed by atoms with Gasteiger partial charge in [0.05, 0.1) is 11.5 Å². The first-order valence-electron chi connectivity index (χ1n) is 13.3. The molecule has 8 nitrogen and oxygen atoms in total. The Balaban J connectivity index is 1.78. The van der Waals surface area contributed by atoms with Gasteiger partial charge in [0.25, 0.3) is 5.56 Å². The number of tetrazole rings is 1. The molecule has 0 radical (unpaired) electrons. The number of aromatic amines is 1. The highest BCUT2D eigenvalue weighted by Gasteiger charge is 2.19. The Morgan fingerprint density at radius 1 is 1.05 bits per heavy atom. The summed E-state index contributed by atoms with van der Waals surface area (Å²) in [5.41, 5.74) is 5.34. The van der Waals surface area contributed by atoms with Crippen LogP contribution >= 0.6 is 12.2 Å². The summed E-state index contributed by atoms with van der Waals surface area (Å²) < 4.78 is 1.82. The number of H-pyrrole nitrogens is 1. The third-order valence-electron chi connectivity index (χ3n) is 6.86. The van der Waals surface area contributed by atoms with E-state index in [2.05, 4.69) is 76.6 Å². The molecular weight excluding hydrogens is 494 g/mol. The Morgan fingerprint density at radius 2 is 1.82 bits per heavy atom. The van der Waals surface area contributed by atoms with Crippen molar-refractivity contribution >= 4 is 17.2 Å². The molecule has 38 heavy (non-hydrogen) atoms. The van der Waals surface area contributed by atoms with E-state index in [0.717, 1.165) is 71.1 Å². The molecule has 4 aromatic rings. The van der Waals surface area contributed by atoms with Crippen molar-refractivity contribution in [2.75, 3.05) is 13.1 Å². The number of nitrogens with zero attached hydrogens (tertiary/aromatic N) is 6. The van der Waals surface area contributed by atoms with Crippen LogP contribution in [0.2, 0.25) is 0 Å². The van der Waals surface area contributed by atoms with Crippen LogP contribution in [0.1, 0.15) is 56.3 Å². The first-order valence-corrected chi connectivity index (χ1v) is 13.7. The monoisotopic (exact) mass is 529 g/mol. The number of hydrogen-bond donors (Lipinski definition) is 1. The van der Waals surface area contributed by atoms with Crippen molar-refractivity contribution in [1.82, 2.24) is 35.1 Å². The summed E-state index contributed by atoms with van der Waals surface area (Å²) in [6, 6.07) is 16.3. The van der Waals surface area contributed by atoms with Gasteiger partial charge in [0.1, 0.15) is 5.82 Å². The predicted octanol–water partition coefficient (Wildman–Crippen LogP) is 5.00. The van der Waals surface area contributed by atoms with Gasteiger partial charge in [-0.25, -0.2) is 10.1 Å². The van der Waals surface area contributed by atoms with Gasteiger partial charge in [-0.3, -0.25) is 9.36 Å². The normalized spacial score (nSPS) is 11.1. The van der Waals surface area contributed by atoms with Crippen LogP contribution in [0.4, 0.5) is 0 Å². The fourth-order valence-corrected chi connectivity index (χ4v) is 5.10. The Hall–Kier alpha value is -3.72. The van der Waals surface area contributed by atoms with Crippen LogP contribution in [0.5, 0.6) is 0 Å². The van der Waals surface area contributed by atoms with Gasteiger partial charge < -0.3 is 4.90 Å². The van der Waals surface area contributed by atoms with Crippen LogP contribution in [0.25, 0.3) is 22.5 Å². The van der Waals surface area contributed by atoms with Crippen molar-refractivity contribution in [3.63, 3.8) is 0 Å². The molecule has 1 N–H and O–H groups in total. The van der Waals surface area contributed by atoms with Crippen molar-refractivity contribution in [3.05, 3.63) is 81.5 Å². The van der Waals surface area contributed by atoms with Gasteiger partial charge >= 0.3 is 0 Å². The molecule has 0 fully saturated rings. The lowest BCUT2D eigenvalue weighted by Crippen LogP contribution is -2.35. The highest BCUT2D eigenvalue weighted by Crippen LogP contribution is 2.31. The molecule has 0 spiro atoms. The molecule has 2 aromatic heterocycles. The quantitative estimate of drug-likeness (QED) is 0.273. The summed E-state index contributed by atoms with van der Waals surface area (Å²) in [5, 5.41) is 14.6. The van der Waals surface area contributed by atoms with Gasteiger partial charge in [0.15, 0.2) is 5.82 Å². The molecule has 0 unspecified atom stereocenters. The smallest absolute Gasteiger partial charge is 0.257 e. The first-order chi connectivity index (χ1) is 18.5. The molecule has 198 valence electrons. The fraction of sp³-hybridized carbons (Fsp3) is 0.379. The minimum absolute atomic E-state index is 0.0203. The second kappa shape index (κ2) is 12.7. The summed E-state index contributed by atoms with van der Waals surface area (Å²) in [6.07, 6.45) is 3.15. The van der Waals surface area contributed by atoms with Gasteiger partial charge in [0.2, 0.25) is 0 Å². The van der Waals surface area contributed by atoms with Gasteiger partial charge in [-0.1, -0.05) is 68.0 Å².